The summed E-state index contributed by atoms with van der Waals surface area (Å²) in [6.45, 7) is 2.02. The summed E-state index contributed by atoms with van der Waals surface area (Å²) in [4.78, 5) is 4.53. The number of aromatic nitrogens is 1. The van der Waals surface area contributed by atoms with E-state index in [1.165, 1.54) is 0 Å². The molecule has 0 aliphatic carbocycles. The van der Waals surface area contributed by atoms with Gasteiger partial charge in [0.05, 0.1) is 11.2 Å². The molecule has 1 unspecified atom stereocenters. The molecule has 94 valence electrons. The van der Waals surface area contributed by atoms with Crippen LogP contribution in [-0.2, 0) is 0 Å². The van der Waals surface area contributed by atoms with Crippen LogP contribution in [0.1, 0.15) is 22.9 Å². The normalized spacial score (nSPS) is 12.5. The molecule has 0 aliphatic rings. The van der Waals surface area contributed by atoms with E-state index < -0.39 is 6.10 Å². The number of pyridine rings is 1. The number of para-hydroxylation sites is 1. The van der Waals surface area contributed by atoms with Gasteiger partial charge in [-0.2, -0.15) is 0 Å². The molecule has 2 heteroatoms. The maximum Gasteiger partial charge on any atom is 0.121 e. The second-order valence-corrected chi connectivity index (χ2v) is 4.75. The topological polar surface area (TPSA) is 33.1 Å². The molecule has 1 N–H and O–H groups in total. The second-order valence-electron chi connectivity index (χ2n) is 4.75. The molecule has 0 bridgehead atoms. The number of hydrogen-bond acceptors (Lipinski definition) is 2. The van der Waals surface area contributed by atoms with Crippen LogP contribution in [0.5, 0.6) is 0 Å². The zero-order valence-corrected chi connectivity index (χ0v) is 10.7. The van der Waals surface area contributed by atoms with Crippen molar-refractivity contribution in [3.8, 4) is 0 Å². The molecule has 3 aromatic rings. The predicted octanol–water partition coefficient (Wildman–Crippen LogP) is 3.62. The van der Waals surface area contributed by atoms with Gasteiger partial charge < -0.3 is 5.11 Å². The lowest BCUT2D eigenvalue weighted by Crippen LogP contribution is -2.02. The van der Waals surface area contributed by atoms with E-state index in [0.29, 0.717) is 5.69 Å². The molecule has 1 atom stereocenters. The number of aliphatic hydroxyl groups is 1. The maximum absolute atomic E-state index is 10.4. The van der Waals surface area contributed by atoms with Gasteiger partial charge in [-0.05, 0) is 24.6 Å². The summed E-state index contributed by atoms with van der Waals surface area (Å²) in [5, 5.41) is 11.5. The molecule has 0 spiro atoms. The molecule has 19 heavy (non-hydrogen) atoms. The van der Waals surface area contributed by atoms with Crippen LogP contribution >= 0.6 is 0 Å². The lowest BCUT2D eigenvalue weighted by Gasteiger charge is -2.12. The van der Waals surface area contributed by atoms with E-state index in [1.807, 2.05) is 67.6 Å². The Morgan fingerprint density at radius 1 is 0.947 bits per heavy atom. The summed E-state index contributed by atoms with van der Waals surface area (Å²) < 4.78 is 0. The smallest absolute Gasteiger partial charge is 0.121 e. The van der Waals surface area contributed by atoms with Gasteiger partial charge in [-0.1, -0.05) is 54.1 Å². The highest BCUT2D eigenvalue weighted by atomic mass is 16.3. The Balaban J connectivity index is 2.04. The average molecular weight is 249 g/mol. The quantitative estimate of drug-likeness (QED) is 0.752. The summed E-state index contributed by atoms with van der Waals surface area (Å²) >= 11 is 0. The first-order valence-corrected chi connectivity index (χ1v) is 6.34. The van der Waals surface area contributed by atoms with Crippen LogP contribution in [0.3, 0.4) is 0 Å². The number of aryl methyl sites for hydroxylation is 1. The highest BCUT2D eigenvalue weighted by Crippen LogP contribution is 2.23. The average Bonchev–Trinajstić information content (AvgIpc) is 2.46. The number of nitrogens with zero attached hydrogens (tertiary/aromatic N) is 1. The van der Waals surface area contributed by atoms with Gasteiger partial charge in [-0.25, -0.2) is 4.98 Å². The Bertz CT molecular complexity index is 721. The van der Waals surface area contributed by atoms with Crippen molar-refractivity contribution in [1.29, 1.82) is 0 Å². The first kappa shape index (κ1) is 11.9. The van der Waals surface area contributed by atoms with E-state index in [-0.39, 0.29) is 0 Å². The first-order chi connectivity index (χ1) is 9.24. The molecule has 0 radical (unpaired) electrons. The van der Waals surface area contributed by atoms with Crippen LogP contribution in [0.4, 0.5) is 0 Å². The van der Waals surface area contributed by atoms with Gasteiger partial charge in [0, 0.05) is 5.39 Å². The molecule has 1 heterocycles. The van der Waals surface area contributed by atoms with Crippen LogP contribution in [0, 0.1) is 6.92 Å². The lowest BCUT2D eigenvalue weighted by molar-refractivity contribution is 0.215. The lowest BCUT2D eigenvalue weighted by atomic mass is 10.0. The van der Waals surface area contributed by atoms with Crippen LogP contribution in [0.15, 0.2) is 60.7 Å². The van der Waals surface area contributed by atoms with Crippen molar-refractivity contribution in [2.24, 2.45) is 0 Å². The molecule has 2 nitrogen and oxygen atoms in total. The van der Waals surface area contributed by atoms with E-state index in [0.717, 1.165) is 22.0 Å². The van der Waals surface area contributed by atoms with Crippen molar-refractivity contribution in [1.82, 2.24) is 4.98 Å². The van der Waals surface area contributed by atoms with Crippen molar-refractivity contribution >= 4 is 10.9 Å². The largest absolute Gasteiger partial charge is 0.382 e. The van der Waals surface area contributed by atoms with Crippen molar-refractivity contribution in [3.05, 3.63) is 77.5 Å². The summed E-state index contributed by atoms with van der Waals surface area (Å²) in [6.07, 6.45) is -0.676. The van der Waals surface area contributed by atoms with E-state index in [9.17, 15) is 5.11 Å². The number of benzene rings is 2. The third kappa shape index (κ3) is 2.35. The monoisotopic (exact) mass is 249 g/mol. The van der Waals surface area contributed by atoms with Gasteiger partial charge in [0.2, 0.25) is 0 Å². The van der Waals surface area contributed by atoms with Crippen molar-refractivity contribution in [2.45, 2.75) is 13.0 Å². The van der Waals surface area contributed by atoms with E-state index in [1.54, 1.807) is 0 Å². The Hall–Kier alpha value is -2.19. The first-order valence-electron chi connectivity index (χ1n) is 6.34. The predicted molar refractivity (Wildman–Crippen MR) is 77.0 cm³/mol. The summed E-state index contributed by atoms with van der Waals surface area (Å²) in [5.41, 5.74) is 3.61. The minimum Gasteiger partial charge on any atom is -0.382 e. The van der Waals surface area contributed by atoms with Gasteiger partial charge in [-0.3, -0.25) is 0 Å². The molecule has 3 rings (SSSR count). The number of fused-ring (bicyclic) bond motifs is 1. The van der Waals surface area contributed by atoms with Crippen LogP contribution in [0.2, 0.25) is 0 Å². The van der Waals surface area contributed by atoms with E-state index >= 15 is 0 Å². The highest BCUT2D eigenvalue weighted by Gasteiger charge is 2.12. The molecule has 1 aromatic heterocycles. The molecular formula is C17H15NO. The van der Waals surface area contributed by atoms with Gasteiger partial charge in [0.1, 0.15) is 6.10 Å². The number of hydrogen-bond donors (Lipinski definition) is 1. The van der Waals surface area contributed by atoms with Crippen LogP contribution in [0.25, 0.3) is 10.9 Å². The zero-order chi connectivity index (χ0) is 13.2. The third-order valence-corrected chi connectivity index (χ3v) is 3.26. The molecule has 2 aromatic carbocycles. The molecule has 0 saturated carbocycles. The Morgan fingerprint density at radius 2 is 1.79 bits per heavy atom. The number of aliphatic hydroxyl groups excluding tert-OH is 1. The molecule has 0 saturated heterocycles. The summed E-state index contributed by atoms with van der Waals surface area (Å²) in [6, 6.07) is 19.7. The Morgan fingerprint density at radius 3 is 2.63 bits per heavy atom. The Labute approximate surface area is 112 Å². The minimum absolute atomic E-state index is 0.676. The van der Waals surface area contributed by atoms with Crippen molar-refractivity contribution in [2.75, 3.05) is 0 Å². The fourth-order valence-corrected chi connectivity index (χ4v) is 2.25. The van der Waals surface area contributed by atoms with Crippen molar-refractivity contribution < 1.29 is 5.11 Å². The van der Waals surface area contributed by atoms with Crippen molar-refractivity contribution in [3.63, 3.8) is 0 Å². The van der Waals surface area contributed by atoms with Gasteiger partial charge in [-0.15, -0.1) is 0 Å². The summed E-state index contributed by atoms with van der Waals surface area (Å²) in [5.74, 6) is 0. The van der Waals surface area contributed by atoms with Gasteiger partial charge in [0.25, 0.3) is 0 Å². The minimum atomic E-state index is -0.676. The third-order valence-electron chi connectivity index (χ3n) is 3.26. The fourth-order valence-electron chi connectivity index (χ4n) is 2.25. The molecule has 0 fully saturated rings. The molecule has 0 amide bonds. The Kier molecular flexibility index (Phi) is 3.02. The molecule has 0 aliphatic heterocycles. The zero-order valence-electron chi connectivity index (χ0n) is 10.7. The van der Waals surface area contributed by atoms with Crippen LogP contribution in [-0.4, -0.2) is 10.1 Å². The van der Waals surface area contributed by atoms with Gasteiger partial charge in [0.15, 0.2) is 0 Å². The fraction of sp³-hybridized carbons (Fsp3) is 0.118. The highest BCUT2D eigenvalue weighted by molar-refractivity contribution is 5.78. The standard InChI is InChI=1S/C17H15NO/c1-12-5-4-7-14(11-12)17(19)16-10-9-13-6-2-3-8-15(13)18-16/h2-11,17,19H,1H3. The van der Waals surface area contributed by atoms with Crippen LogP contribution < -0.4 is 0 Å². The van der Waals surface area contributed by atoms with Gasteiger partial charge >= 0.3 is 0 Å². The molecular weight excluding hydrogens is 234 g/mol. The maximum atomic E-state index is 10.4. The number of rotatable bonds is 2. The second kappa shape index (κ2) is 4.82. The van der Waals surface area contributed by atoms with E-state index in [4.69, 9.17) is 0 Å². The summed E-state index contributed by atoms with van der Waals surface area (Å²) in [7, 11) is 0. The van der Waals surface area contributed by atoms with E-state index in [2.05, 4.69) is 4.98 Å². The SMILES string of the molecule is Cc1cccc(C(O)c2ccc3ccccc3n2)c1.